The summed E-state index contributed by atoms with van der Waals surface area (Å²) in [6.07, 6.45) is 3.01. The number of fused-ring (bicyclic) bond motifs is 1. The lowest BCUT2D eigenvalue weighted by atomic mass is 10.2. The maximum absolute atomic E-state index is 12.5. The Hall–Kier alpha value is -2.61. The molecular formula is C13H13N5O2S. The van der Waals surface area contributed by atoms with Gasteiger partial charge in [0.15, 0.2) is 10.8 Å². The number of rotatable bonds is 3. The summed E-state index contributed by atoms with van der Waals surface area (Å²) in [7, 11) is -2.25. The second kappa shape index (κ2) is 4.74. The van der Waals surface area contributed by atoms with Gasteiger partial charge in [0.2, 0.25) is 0 Å². The van der Waals surface area contributed by atoms with Gasteiger partial charge in [-0.05, 0) is 24.3 Å². The fourth-order valence-electron chi connectivity index (χ4n) is 2.15. The molecule has 21 heavy (non-hydrogen) atoms. The topological polar surface area (TPSA) is 103 Å². The van der Waals surface area contributed by atoms with Crippen molar-refractivity contribution in [1.29, 1.82) is 0 Å². The number of aromatic nitrogens is 3. The van der Waals surface area contributed by atoms with Crippen molar-refractivity contribution in [1.82, 2.24) is 14.5 Å². The molecule has 3 aromatic rings. The van der Waals surface area contributed by atoms with Crippen molar-refractivity contribution in [3.8, 4) is 0 Å². The van der Waals surface area contributed by atoms with Gasteiger partial charge in [0, 0.05) is 18.6 Å². The molecule has 0 fully saturated rings. The van der Waals surface area contributed by atoms with Crippen LogP contribution >= 0.6 is 0 Å². The number of nitrogens with one attached hydrogen (secondary N) is 1. The average molecular weight is 303 g/mol. The fourth-order valence-corrected chi connectivity index (χ4v) is 3.47. The maximum Gasteiger partial charge on any atom is 0.281 e. The van der Waals surface area contributed by atoms with Crippen molar-refractivity contribution in [2.75, 3.05) is 10.5 Å². The van der Waals surface area contributed by atoms with Gasteiger partial charge in [-0.15, -0.1) is 0 Å². The molecule has 0 saturated heterocycles. The number of hydrogen-bond acceptors (Lipinski definition) is 5. The van der Waals surface area contributed by atoms with E-state index in [1.54, 1.807) is 37.5 Å². The molecule has 1 aromatic carbocycles. The van der Waals surface area contributed by atoms with E-state index in [-0.39, 0.29) is 10.8 Å². The number of benzene rings is 1. The van der Waals surface area contributed by atoms with E-state index in [1.165, 1.54) is 10.9 Å². The van der Waals surface area contributed by atoms with E-state index in [9.17, 15) is 8.42 Å². The number of nitrogens with zero attached hydrogens (tertiary/aromatic N) is 3. The van der Waals surface area contributed by atoms with Crippen LogP contribution in [0.3, 0.4) is 0 Å². The van der Waals surface area contributed by atoms with Gasteiger partial charge >= 0.3 is 0 Å². The highest BCUT2D eigenvalue weighted by Crippen LogP contribution is 2.25. The molecule has 0 bridgehead atoms. The summed E-state index contributed by atoms with van der Waals surface area (Å²) in [4.78, 5) is 7.99. The summed E-state index contributed by atoms with van der Waals surface area (Å²) in [6.45, 7) is 0. The number of nitrogen functional groups attached to an aromatic ring is 1. The second-order valence-electron chi connectivity index (χ2n) is 4.53. The molecule has 0 amide bonds. The Morgan fingerprint density at radius 1 is 1.19 bits per heavy atom. The van der Waals surface area contributed by atoms with E-state index in [1.807, 2.05) is 6.07 Å². The highest BCUT2D eigenvalue weighted by molar-refractivity contribution is 7.92. The first-order chi connectivity index (χ1) is 9.99. The Kier molecular flexibility index (Phi) is 3.02. The van der Waals surface area contributed by atoms with Gasteiger partial charge in [0.05, 0.1) is 17.5 Å². The lowest BCUT2D eigenvalue weighted by Crippen LogP contribution is -2.17. The SMILES string of the molecule is Cn1cnc(N)c1S(=O)(=O)Nc1cccc2ncccc12. The van der Waals surface area contributed by atoms with Crippen LogP contribution in [0.4, 0.5) is 11.5 Å². The minimum atomic E-state index is -3.83. The van der Waals surface area contributed by atoms with E-state index >= 15 is 0 Å². The number of sulfonamides is 1. The molecule has 8 heteroatoms. The standard InChI is InChI=1S/C13H13N5O2S/c1-18-8-16-12(14)13(18)21(19,20)17-11-6-2-5-10-9(11)4-3-7-15-10/h2-8,17H,14H2,1H3. The normalized spacial score (nSPS) is 11.7. The number of pyridine rings is 1. The van der Waals surface area contributed by atoms with Crippen molar-refractivity contribution < 1.29 is 8.42 Å². The number of anilines is 2. The smallest absolute Gasteiger partial charge is 0.281 e. The molecule has 0 aliphatic rings. The average Bonchev–Trinajstić information content (AvgIpc) is 2.79. The third-order valence-electron chi connectivity index (χ3n) is 3.05. The van der Waals surface area contributed by atoms with Crippen LogP contribution in [0.2, 0.25) is 0 Å². The Balaban J connectivity index is 2.10. The number of imidazole rings is 1. The van der Waals surface area contributed by atoms with Gasteiger partial charge in [0.1, 0.15) is 0 Å². The molecule has 7 nitrogen and oxygen atoms in total. The molecular weight excluding hydrogens is 290 g/mol. The number of hydrogen-bond donors (Lipinski definition) is 2. The van der Waals surface area contributed by atoms with Crippen molar-refractivity contribution >= 4 is 32.4 Å². The molecule has 2 aromatic heterocycles. The molecule has 0 atom stereocenters. The third kappa shape index (κ3) is 2.29. The zero-order chi connectivity index (χ0) is 15.0. The van der Waals surface area contributed by atoms with Gasteiger partial charge in [-0.1, -0.05) is 6.07 Å². The molecule has 3 N–H and O–H groups in total. The Labute approximate surface area is 121 Å². The largest absolute Gasteiger partial charge is 0.381 e. The summed E-state index contributed by atoms with van der Waals surface area (Å²) in [5, 5.41) is 0.646. The molecule has 0 radical (unpaired) electrons. The minimum absolute atomic E-state index is 0.0386. The van der Waals surface area contributed by atoms with Gasteiger partial charge in [-0.3, -0.25) is 9.71 Å². The van der Waals surface area contributed by atoms with Crippen molar-refractivity contribution in [3.63, 3.8) is 0 Å². The first-order valence-corrected chi connectivity index (χ1v) is 7.61. The van der Waals surface area contributed by atoms with Gasteiger partial charge in [-0.2, -0.15) is 8.42 Å². The summed E-state index contributed by atoms with van der Waals surface area (Å²) in [6, 6.07) is 8.77. The second-order valence-corrected chi connectivity index (χ2v) is 6.12. The fraction of sp³-hybridized carbons (Fsp3) is 0.0769. The molecule has 3 rings (SSSR count). The van der Waals surface area contributed by atoms with Gasteiger partial charge in [0.25, 0.3) is 10.0 Å². The Bertz CT molecular complexity index is 892. The predicted molar refractivity (Wildman–Crippen MR) is 80.2 cm³/mol. The van der Waals surface area contributed by atoms with Crippen molar-refractivity contribution in [3.05, 3.63) is 42.9 Å². The van der Waals surface area contributed by atoms with Gasteiger partial charge in [-0.25, -0.2) is 4.98 Å². The van der Waals surface area contributed by atoms with E-state index in [2.05, 4.69) is 14.7 Å². The first-order valence-electron chi connectivity index (χ1n) is 6.12. The number of nitrogens with two attached hydrogens (primary N) is 1. The third-order valence-corrected chi connectivity index (χ3v) is 4.55. The van der Waals surface area contributed by atoms with E-state index in [0.717, 1.165) is 0 Å². The van der Waals surface area contributed by atoms with E-state index in [0.29, 0.717) is 16.6 Å². The van der Waals surface area contributed by atoms with Crippen LogP contribution in [0.25, 0.3) is 10.9 Å². The molecule has 0 aliphatic carbocycles. The number of aryl methyl sites for hydroxylation is 1. The monoisotopic (exact) mass is 303 g/mol. The highest BCUT2D eigenvalue weighted by atomic mass is 32.2. The Morgan fingerprint density at radius 3 is 2.71 bits per heavy atom. The summed E-state index contributed by atoms with van der Waals surface area (Å²) < 4.78 is 28.9. The maximum atomic E-state index is 12.5. The van der Waals surface area contributed by atoms with Crippen LogP contribution in [-0.4, -0.2) is 23.0 Å². The zero-order valence-electron chi connectivity index (χ0n) is 11.2. The van der Waals surface area contributed by atoms with Crippen molar-refractivity contribution in [2.24, 2.45) is 7.05 Å². The first kappa shape index (κ1) is 13.4. The zero-order valence-corrected chi connectivity index (χ0v) is 12.0. The lowest BCUT2D eigenvalue weighted by molar-refractivity contribution is 0.592. The van der Waals surface area contributed by atoms with E-state index < -0.39 is 10.0 Å². The van der Waals surface area contributed by atoms with E-state index in [4.69, 9.17) is 5.73 Å². The van der Waals surface area contributed by atoms with Crippen molar-refractivity contribution in [2.45, 2.75) is 5.03 Å². The highest BCUT2D eigenvalue weighted by Gasteiger charge is 2.23. The Morgan fingerprint density at radius 2 is 2.00 bits per heavy atom. The summed E-state index contributed by atoms with van der Waals surface area (Å²) in [5.74, 6) is -0.0386. The van der Waals surface area contributed by atoms with Crippen LogP contribution in [0.5, 0.6) is 0 Å². The van der Waals surface area contributed by atoms with Gasteiger partial charge < -0.3 is 10.3 Å². The van der Waals surface area contributed by atoms with Crippen LogP contribution in [0, 0.1) is 0 Å². The predicted octanol–water partition coefficient (Wildman–Crippen LogP) is 1.35. The van der Waals surface area contributed by atoms with Crippen LogP contribution < -0.4 is 10.5 Å². The molecule has 2 heterocycles. The minimum Gasteiger partial charge on any atom is -0.381 e. The summed E-state index contributed by atoms with van der Waals surface area (Å²) in [5.41, 5.74) is 6.78. The molecule has 0 saturated carbocycles. The quantitative estimate of drug-likeness (QED) is 0.760. The molecule has 108 valence electrons. The lowest BCUT2D eigenvalue weighted by Gasteiger charge is -2.11. The molecule has 0 aliphatic heterocycles. The van der Waals surface area contributed by atoms with Crippen LogP contribution in [0.1, 0.15) is 0 Å². The summed E-state index contributed by atoms with van der Waals surface area (Å²) >= 11 is 0. The van der Waals surface area contributed by atoms with Crippen LogP contribution in [0.15, 0.2) is 47.9 Å². The molecule has 0 unspecified atom stereocenters. The van der Waals surface area contributed by atoms with Crippen LogP contribution in [-0.2, 0) is 17.1 Å². The molecule has 0 spiro atoms.